The molecule has 0 saturated heterocycles. The highest BCUT2D eigenvalue weighted by atomic mass is 19.1. The highest BCUT2D eigenvalue weighted by molar-refractivity contribution is 5.77. The van der Waals surface area contributed by atoms with E-state index in [4.69, 9.17) is 0 Å². The van der Waals surface area contributed by atoms with Gasteiger partial charge >= 0.3 is 0 Å². The SMILES string of the molecule is C=C(C#Cc1ccccc1)c1cc(F)cc(F)c1. The van der Waals surface area contributed by atoms with Gasteiger partial charge in [-0.15, -0.1) is 0 Å². The summed E-state index contributed by atoms with van der Waals surface area (Å²) in [5, 5.41) is 0. The van der Waals surface area contributed by atoms with Gasteiger partial charge < -0.3 is 0 Å². The quantitative estimate of drug-likeness (QED) is 0.660. The topological polar surface area (TPSA) is 0 Å². The lowest BCUT2D eigenvalue weighted by molar-refractivity contribution is 0.582. The first-order valence-electron chi connectivity index (χ1n) is 5.37. The molecule has 0 aliphatic heterocycles. The molecule has 0 aliphatic rings. The van der Waals surface area contributed by atoms with E-state index < -0.39 is 11.6 Å². The van der Waals surface area contributed by atoms with Crippen LogP contribution in [0.25, 0.3) is 5.57 Å². The van der Waals surface area contributed by atoms with Crippen LogP contribution in [-0.4, -0.2) is 0 Å². The Morgan fingerprint density at radius 1 is 0.944 bits per heavy atom. The summed E-state index contributed by atoms with van der Waals surface area (Å²) in [5.74, 6) is 4.42. The summed E-state index contributed by atoms with van der Waals surface area (Å²) < 4.78 is 26.0. The first-order chi connectivity index (χ1) is 8.65. The molecule has 0 radical (unpaired) electrons. The van der Waals surface area contributed by atoms with Crippen LogP contribution < -0.4 is 0 Å². The average Bonchev–Trinajstić information content (AvgIpc) is 2.36. The van der Waals surface area contributed by atoms with Crippen LogP contribution in [-0.2, 0) is 0 Å². The maximum Gasteiger partial charge on any atom is 0.126 e. The van der Waals surface area contributed by atoms with Gasteiger partial charge in [0.25, 0.3) is 0 Å². The molecular formula is C16H10F2. The number of hydrogen-bond acceptors (Lipinski definition) is 0. The fourth-order valence-corrected chi connectivity index (χ4v) is 1.47. The van der Waals surface area contributed by atoms with Crippen LogP contribution in [0.5, 0.6) is 0 Å². The van der Waals surface area contributed by atoms with Crippen LogP contribution in [0.1, 0.15) is 11.1 Å². The first-order valence-corrected chi connectivity index (χ1v) is 5.37. The molecule has 0 unspecified atom stereocenters. The van der Waals surface area contributed by atoms with Crippen LogP contribution in [0.4, 0.5) is 8.78 Å². The summed E-state index contributed by atoms with van der Waals surface area (Å²) in [6.45, 7) is 3.72. The van der Waals surface area contributed by atoms with Crippen molar-refractivity contribution in [2.75, 3.05) is 0 Å². The standard InChI is InChI=1S/C16H10F2/c1-12(7-8-13-5-3-2-4-6-13)14-9-15(17)11-16(18)10-14/h2-6,9-11H,1H2. The van der Waals surface area contributed by atoms with Crippen molar-refractivity contribution in [3.05, 3.63) is 77.9 Å². The van der Waals surface area contributed by atoms with E-state index in [-0.39, 0.29) is 0 Å². The predicted molar refractivity (Wildman–Crippen MR) is 68.7 cm³/mol. The molecule has 88 valence electrons. The summed E-state index contributed by atoms with van der Waals surface area (Å²) in [5.41, 5.74) is 1.57. The van der Waals surface area contributed by atoms with Crippen molar-refractivity contribution in [1.82, 2.24) is 0 Å². The van der Waals surface area contributed by atoms with Gasteiger partial charge in [0.2, 0.25) is 0 Å². The molecule has 2 aromatic carbocycles. The van der Waals surface area contributed by atoms with Crippen LogP contribution in [0.15, 0.2) is 55.1 Å². The van der Waals surface area contributed by atoms with Gasteiger partial charge in [-0.1, -0.05) is 36.6 Å². The van der Waals surface area contributed by atoms with Crippen LogP contribution in [0.3, 0.4) is 0 Å². The number of allylic oxidation sites excluding steroid dienone is 1. The molecule has 0 fully saturated rings. The van der Waals surface area contributed by atoms with Crippen molar-refractivity contribution in [3.8, 4) is 11.8 Å². The fraction of sp³-hybridized carbons (Fsp3) is 0. The van der Waals surface area contributed by atoms with Gasteiger partial charge in [-0.05, 0) is 29.8 Å². The summed E-state index contributed by atoms with van der Waals surface area (Å²) in [6.07, 6.45) is 0. The highest BCUT2D eigenvalue weighted by Gasteiger charge is 2.01. The third kappa shape index (κ3) is 3.05. The second-order valence-corrected chi connectivity index (χ2v) is 3.75. The molecule has 0 saturated carbocycles. The monoisotopic (exact) mass is 240 g/mol. The van der Waals surface area contributed by atoms with E-state index in [2.05, 4.69) is 18.4 Å². The van der Waals surface area contributed by atoms with Gasteiger partial charge in [0.05, 0.1) is 0 Å². The predicted octanol–water partition coefficient (Wildman–Crippen LogP) is 4.03. The number of rotatable bonds is 1. The maximum absolute atomic E-state index is 13.0. The number of benzene rings is 2. The third-order valence-electron chi connectivity index (χ3n) is 2.34. The molecule has 0 aromatic heterocycles. The molecule has 2 aromatic rings. The molecule has 18 heavy (non-hydrogen) atoms. The van der Waals surface area contributed by atoms with Gasteiger partial charge in [0.15, 0.2) is 0 Å². The van der Waals surface area contributed by atoms with Crippen molar-refractivity contribution >= 4 is 5.57 Å². The highest BCUT2D eigenvalue weighted by Crippen LogP contribution is 2.15. The van der Waals surface area contributed by atoms with Gasteiger partial charge in [-0.25, -0.2) is 8.78 Å². The Labute approximate surface area is 105 Å². The molecule has 2 rings (SSSR count). The Kier molecular flexibility index (Phi) is 3.54. The van der Waals surface area contributed by atoms with Crippen molar-refractivity contribution in [1.29, 1.82) is 0 Å². The second kappa shape index (κ2) is 5.29. The van der Waals surface area contributed by atoms with Gasteiger partial charge in [-0.3, -0.25) is 0 Å². The van der Waals surface area contributed by atoms with E-state index in [9.17, 15) is 8.78 Å². The van der Waals surface area contributed by atoms with Crippen LogP contribution in [0, 0.1) is 23.5 Å². The van der Waals surface area contributed by atoms with E-state index in [1.807, 2.05) is 30.3 Å². The van der Waals surface area contributed by atoms with Crippen LogP contribution >= 0.6 is 0 Å². The smallest absolute Gasteiger partial charge is 0.126 e. The number of hydrogen-bond donors (Lipinski definition) is 0. The van der Waals surface area contributed by atoms with E-state index >= 15 is 0 Å². The van der Waals surface area contributed by atoms with E-state index in [1.54, 1.807) is 0 Å². The minimum Gasteiger partial charge on any atom is -0.207 e. The third-order valence-corrected chi connectivity index (χ3v) is 2.34. The lowest BCUT2D eigenvalue weighted by atomic mass is 10.1. The largest absolute Gasteiger partial charge is 0.207 e. The Morgan fingerprint density at radius 2 is 1.56 bits per heavy atom. The lowest BCUT2D eigenvalue weighted by Crippen LogP contribution is -1.86. The molecule has 0 aliphatic carbocycles. The average molecular weight is 240 g/mol. The number of halogens is 2. The molecule has 0 bridgehead atoms. The molecule has 2 heteroatoms. The molecule has 0 N–H and O–H groups in total. The Bertz CT molecular complexity index is 611. The van der Waals surface area contributed by atoms with Crippen molar-refractivity contribution in [3.63, 3.8) is 0 Å². The Balaban J connectivity index is 2.25. The summed E-state index contributed by atoms with van der Waals surface area (Å²) >= 11 is 0. The van der Waals surface area contributed by atoms with E-state index in [1.165, 1.54) is 12.1 Å². The van der Waals surface area contributed by atoms with Gasteiger partial charge in [0, 0.05) is 17.2 Å². The van der Waals surface area contributed by atoms with Crippen molar-refractivity contribution < 1.29 is 8.78 Å². The summed E-state index contributed by atoms with van der Waals surface area (Å²) in [4.78, 5) is 0. The van der Waals surface area contributed by atoms with E-state index in [0.717, 1.165) is 11.6 Å². The summed E-state index contributed by atoms with van der Waals surface area (Å²) in [7, 11) is 0. The molecule has 0 heterocycles. The maximum atomic E-state index is 13.0. The zero-order valence-corrected chi connectivity index (χ0v) is 9.58. The molecule has 0 spiro atoms. The first kappa shape index (κ1) is 12.1. The molecular weight excluding hydrogens is 230 g/mol. The molecule has 0 nitrogen and oxygen atoms in total. The zero-order chi connectivity index (χ0) is 13.0. The van der Waals surface area contributed by atoms with Gasteiger partial charge in [0.1, 0.15) is 11.6 Å². The van der Waals surface area contributed by atoms with E-state index in [0.29, 0.717) is 11.1 Å². The van der Waals surface area contributed by atoms with Crippen molar-refractivity contribution in [2.45, 2.75) is 0 Å². The summed E-state index contributed by atoms with van der Waals surface area (Å²) in [6, 6.07) is 12.6. The van der Waals surface area contributed by atoms with Gasteiger partial charge in [-0.2, -0.15) is 0 Å². The fourth-order valence-electron chi connectivity index (χ4n) is 1.47. The minimum atomic E-state index is -0.632. The second-order valence-electron chi connectivity index (χ2n) is 3.75. The minimum absolute atomic E-state index is 0.357. The van der Waals surface area contributed by atoms with Crippen LogP contribution in [0.2, 0.25) is 0 Å². The molecule has 0 amide bonds. The van der Waals surface area contributed by atoms with Crippen molar-refractivity contribution in [2.24, 2.45) is 0 Å². The zero-order valence-electron chi connectivity index (χ0n) is 9.58. The lowest BCUT2D eigenvalue weighted by Gasteiger charge is -1.99. The Hall–Kier alpha value is -2.40. The Morgan fingerprint density at radius 3 is 2.17 bits per heavy atom. The normalized spacial score (nSPS) is 9.44. The molecule has 0 atom stereocenters.